The number of halogens is 1. The van der Waals surface area contributed by atoms with Crippen molar-refractivity contribution >= 4 is 26.0 Å². The zero-order chi connectivity index (χ0) is 14.8. The molecule has 0 saturated heterocycles. The average molecular weight is 362 g/mol. The lowest BCUT2D eigenvalue weighted by Crippen LogP contribution is -2.38. The molecule has 0 aliphatic heterocycles. The SMILES string of the molecule is CN(C1CCCCC1)S(=O)(=O)c1cc(CO)ccc1Br. The molecule has 0 unspecified atom stereocenters. The van der Waals surface area contributed by atoms with Gasteiger partial charge in [-0.05, 0) is 46.5 Å². The summed E-state index contributed by atoms with van der Waals surface area (Å²) in [7, 11) is -1.87. The van der Waals surface area contributed by atoms with Gasteiger partial charge in [-0.15, -0.1) is 0 Å². The molecule has 4 nitrogen and oxygen atoms in total. The largest absolute Gasteiger partial charge is 0.392 e. The molecule has 112 valence electrons. The van der Waals surface area contributed by atoms with Crippen LogP contribution in [0.3, 0.4) is 0 Å². The molecular weight excluding hydrogens is 342 g/mol. The van der Waals surface area contributed by atoms with E-state index in [-0.39, 0.29) is 17.5 Å². The molecule has 0 spiro atoms. The van der Waals surface area contributed by atoms with Crippen LogP contribution >= 0.6 is 15.9 Å². The van der Waals surface area contributed by atoms with Gasteiger partial charge in [-0.2, -0.15) is 4.31 Å². The van der Waals surface area contributed by atoms with Crippen molar-refractivity contribution in [3.63, 3.8) is 0 Å². The van der Waals surface area contributed by atoms with E-state index in [4.69, 9.17) is 0 Å². The summed E-state index contributed by atoms with van der Waals surface area (Å²) in [5, 5.41) is 9.18. The summed E-state index contributed by atoms with van der Waals surface area (Å²) in [6, 6.07) is 5.01. The Morgan fingerprint density at radius 3 is 2.55 bits per heavy atom. The van der Waals surface area contributed by atoms with Crippen LogP contribution in [-0.4, -0.2) is 30.9 Å². The molecule has 1 aromatic carbocycles. The minimum atomic E-state index is -3.53. The number of aliphatic hydroxyl groups excluding tert-OH is 1. The van der Waals surface area contributed by atoms with Gasteiger partial charge in [-0.3, -0.25) is 0 Å². The van der Waals surface area contributed by atoms with Crippen molar-refractivity contribution in [2.75, 3.05) is 7.05 Å². The summed E-state index contributed by atoms with van der Waals surface area (Å²) in [6.07, 6.45) is 5.21. The fourth-order valence-electron chi connectivity index (χ4n) is 2.64. The molecule has 0 bridgehead atoms. The highest BCUT2D eigenvalue weighted by Gasteiger charge is 2.30. The molecule has 20 heavy (non-hydrogen) atoms. The number of sulfonamides is 1. The predicted octanol–water partition coefficient (Wildman–Crippen LogP) is 2.89. The summed E-state index contributed by atoms with van der Waals surface area (Å²) in [6.45, 7) is -0.164. The lowest BCUT2D eigenvalue weighted by atomic mass is 9.96. The third-order valence-corrected chi connectivity index (χ3v) is 6.83. The lowest BCUT2D eigenvalue weighted by Gasteiger charge is -2.30. The molecule has 6 heteroatoms. The van der Waals surface area contributed by atoms with Crippen LogP contribution in [0, 0.1) is 0 Å². The summed E-state index contributed by atoms with van der Waals surface area (Å²) in [5.74, 6) is 0. The minimum absolute atomic E-state index is 0.0819. The molecule has 0 heterocycles. The molecule has 1 aliphatic rings. The Kier molecular flexibility index (Phi) is 5.23. The Bertz CT molecular complexity index is 568. The first-order valence-corrected chi connectivity index (χ1v) is 9.07. The van der Waals surface area contributed by atoms with Gasteiger partial charge in [0.15, 0.2) is 0 Å². The van der Waals surface area contributed by atoms with E-state index in [1.807, 2.05) is 0 Å². The third kappa shape index (κ3) is 3.24. The second-order valence-corrected chi connectivity index (χ2v) is 8.06. The van der Waals surface area contributed by atoms with Crippen molar-refractivity contribution in [3.05, 3.63) is 28.2 Å². The maximum atomic E-state index is 12.7. The van der Waals surface area contributed by atoms with Gasteiger partial charge < -0.3 is 5.11 Å². The zero-order valence-electron chi connectivity index (χ0n) is 11.5. The van der Waals surface area contributed by atoms with Crippen LogP contribution in [0.4, 0.5) is 0 Å². The third-order valence-electron chi connectivity index (χ3n) is 3.92. The molecule has 1 aromatic rings. The first-order valence-electron chi connectivity index (χ1n) is 6.84. The highest BCUT2D eigenvalue weighted by molar-refractivity contribution is 9.10. The van der Waals surface area contributed by atoms with E-state index < -0.39 is 10.0 Å². The molecule has 2 rings (SSSR count). The van der Waals surface area contributed by atoms with Gasteiger partial charge in [-0.1, -0.05) is 25.3 Å². The van der Waals surface area contributed by atoms with E-state index in [9.17, 15) is 13.5 Å². The van der Waals surface area contributed by atoms with E-state index in [0.717, 1.165) is 25.7 Å². The predicted molar refractivity (Wildman–Crippen MR) is 81.9 cm³/mol. The monoisotopic (exact) mass is 361 g/mol. The number of aliphatic hydroxyl groups is 1. The minimum Gasteiger partial charge on any atom is -0.392 e. The Balaban J connectivity index is 2.33. The normalized spacial score (nSPS) is 17.6. The highest BCUT2D eigenvalue weighted by atomic mass is 79.9. The van der Waals surface area contributed by atoms with Crippen LogP contribution in [0.25, 0.3) is 0 Å². The number of nitrogens with zero attached hydrogens (tertiary/aromatic N) is 1. The Morgan fingerprint density at radius 2 is 1.95 bits per heavy atom. The number of rotatable bonds is 4. The molecule has 0 aromatic heterocycles. The molecule has 1 N–H and O–H groups in total. The summed E-state index contributed by atoms with van der Waals surface area (Å²) in [5.41, 5.74) is 0.601. The van der Waals surface area contributed by atoms with Gasteiger partial charge in [0, 0.05) is 17.6 Å². The molecule has 0 atom stereocenters. The summed E-state index contributed by atoms with van der Waals surface area (Å²) < 4.78 is 27.5. The molecule has 0 radical (unpaired) electrons. The van der Waals surface area contributed by atoms with Crippen molar-refractivity contribution in [1.29, 1.82) is 0 Å². The van der Waals surface area contributed by atoms with Gasteiger partial charge in [-0.25, -0.2) is 8.42 Å². The van der Waals surface area contributed by atoms with Gasteiger partial charge >= 0.3 is 0 Å². The van der Waals surface area contributed by atoms with Crippen LogP contribution in [-0.2, 0) is 16.6 Å². The van der Waals surface area contributed by atoms with Gasteiger partial charge in [0.2, 0.25) is 10.0 Å². The van der Waals surface area contributed by atoms with Crippen molar-refractivity contribution in [1.82, 2.24) is 4.31 Å². The first-order chi connectivity index (χ1) is 9.46. The van der Waals surface area contributed by atoms with E-state index in [1.165, 1.54) is 10.7 Å². The van der Waals surface area contributed by atoms with Gasteiger partial charge in [0.05, 0.1) is 11.5 Å². The number of hydrogen-bond acceptors (Lipinski definition) is 3. The second-order valence-electron chi connectivity index (χ2n) is 5.24. The Morgan fingerprint density at radius 1 is 1.30 bits per heavy atom. The molecule has 1 fully saturated rings. The maximum Gasteiger partial charge on any atom is 0.244 e. The van der Waals surface area contributed by atoms with Crippen LogP contribution in [0.1, 0.15) is 37.7 Å². The molecule has 0 amide bonds. The van der Waals surface area contributed by atoms with E-state index in [2.05, 4.69) is 15.9 Å². The van der Waals surface area contributed by atoms with Crippen molar-refractivity contribution in [2.45, 2.75) is 49.6 Å². The smallest absolute Gasteiger partial charge is 0.244 e. The zero-order valence-corrected chi connectivity index (χ0v) is 14.0. The molecule has 1 aliphatic carbocycles. The fourth-order valence-corrected chi connectivity index (χ4v) is 5.03. The Hall–Kier alpha value is -0.430. The van der Waals surface area contributed by atoms with E-state index in [0.29, 0.717) is 10.0 Å². The topological polar surface area (TPSA) is 57.6 Å². The van der Waals surface area contributed by atoms with Gasteiger partial charge in [0.1, 0.15) is 0 Å². The van der Waals surface area contributed by atoms with Crippen LogP contribution in [0.5, 0.6) is 0 Å². The van der Waals surface area contributed by atoms with Crippen LogP contribution in [0.2, 0.25) is 0 Å². The lowest BCUT2D eigenvalue weighted by molar-refractivity contribution is 0.280. The number of hydrogen-bond donors (Lipinski definition) is 1. The van der Waals surface area contributed by atoms with E-state index >= 15 is 0 Å². The quantitative estimate of drug-likeness (QED) is 0.896. The summed E-state index contributed by atoms with van der Waals surface area (Å²) in [4.78, 5) is 0.233. The van der Waals surface area contributed by atoms with Gasteiger partial charge in [0.25, 0.3) is 0 Å². The highest BCUT2D eigenvalue weighted by Crippen LogP contribution is 2.30. The van der Waals surface area contributed by atoms with Crippen LogP contribution < -0.4 is 0 Å². The number of benzene rings is 1. The molecular formula is C14H20BrNO3S. The Labute approximate surface area is 129 Å². The van der Waals surface area contributed by atoms with Crippen molar-refractivity contribution in [3.8, 4) is 0 Å². The first kappa shape index (κ1) is 15.9. The van der Waals surface area contributed by atoms with E-state index in [1.54, 1.807) is 25.2 Å². The maximum absolute atomic E-state index is 12.7. The molecule has 1 saturated carbocycles. The summed E-state index contributed by atoms with van der Waals surface area (Å²) >= 11 is 3.30. The standard InChI is InChI=1S/C14H20BrNO3S/c1-16(12-5-3-2-4-6-12)20(18,19)14-9-11(10-17)7-8-13(14)15/h7-9,12,17H,2-6,10H2,1H3. The fraction of sp³-hybridized carbons (Fsp3) is 0.571. The average Bonchev–Trinajstić information content (AvgIpc) is 2.47. The van der Waals surface area contributed by atoms with Crippen molar-refractivity contribution in [2.24, 2.45) is 0 Å². The van der Waals surface area contributed by atoms with Crippen LogP contribution in [0.15, 0.2) is 27.6 Å². The second kappa shape index (κ2) is 6.56. The van der Waals surface area contributed by atoms with Crippen molar-refractivity contribution < 1.29 is 13.5 Å².